The van der Waals surface area contributed by atoms with Crippen molar-refractivity contribution >= 4 is 5.97 Å². The van der Waals surface area contributed by atoms with Crippen molar-refractivity contribution < 1.29 is 15.0 Å². The minimum Gasteiger partial charge on any atom is -0.481 e. The summed E-state index contributed by atoms with van der Waals surface area (Å²) in [6.07, 6.45) is 3.45. The van der Waals surface area contributed by atoms with E-state index in [-0.39, 0.29) is 12.0 Å². The van der Waals surface area contributed by atoms with E-state index in [2.05, 4.69) is 5.32 Å². The van der Waals surface area contributed by atoms with Gasteiger partial charge in [-0.3, -0.25) is 4.79 Å². The topological polar surface area (TPSA) is 69.6 Å². The Hall–Kier alpha value is -0.610. The number of hydrogen-bond acceptors (Lipinski definition) is 3. The molecule has 15 heavy (non-hydrogen) atoms. The molecule has 4 nitrogen and oxygen atoms in total. The number of aliphatic carboxylic acids is 1. The molecular formula is C11H21NO3. The zero-order valence-electron chi connectivity index (χ0n) is 9.49. The van der Waals surface area contributed by atoms with Gasteiger partial charge < -0.3 is 15.5 Å². The van der Waals surface area contributed by atoms with Crippen LogP contribution in [0.2, 0.25) is 0 Å². The molecule has 1 saturated carbocycles. The summed E-state index contributed by atoms with van der Waals surface area (Å²) >= 11 is 0. The fraction of sp³-hybridized carbons (Fsp3) is 0.909. The highest BCUT2D eigenvalue weighted by molar-refractivity contribution is 5.70. The average molecular weight is 215 g/mol. The number of aliphatic hydroxyl groups is 1. The zero-order valence-corrected chi connectivity index (χ0v) is 9.49. The van der Waals surface area contributed by atoms with Gasteiger partial charge in [0.05, 0.1) is 11.5 Å². The van der Waals surface area contributed by atoms with Gasteiger partial charge in [0.25, 0.3) is 0 Å². The second-order valence-corrected chi connectivity index (χ2v) is 5.09. The van der Waals surface area contributed by atoms with Gasteiger partial charge in [-0.15, -0.1) is 0 Å². The van der Waals surface area contributed by atoms with Crippen molar-refractivity contribution in [2.24, 2.45) is 5.92 Å². The summed E-state index contributed by atoms with van der Waals surface area (Å²) in [5, 5.41) is 21.7. The van der Waals surface area contributed by atoms with Crippen LogP contribution in [0.15, 0.2) is 0 Å². The van der Waals surface area contributed by atoms with E-state index in [1.807, 2.05) is 0 Å². The van der Waals surface area contributed by atoms with E-state index in [4.69, 9.17) is 5.11 Å². The predicted molar refractivity (Wildman–Crippen MR) is 57.7 cm³/mol. The molecule has 0 aromatic heterocycles. The predicted octanol–water partition coefficient (Wildman–Crippen LogP) is 0.990. The second kappa shape index (κ2) is 4.94. The first kappa shape index (κ1) is 12.5. The van der Waals surface area contributed by atoms with Gasteiger partial charge in [-0.25, -0.2) is 0 Å². The molecule has 0 heterocycles. The number of carboxylic acids is 1. The normalized spacial score (nSPS) is 27.7. The summed E-state index contributed by atoms with van der Waals surface area (Å²) < 4.78 is 0. The molecule has 0 bridgehead atoms. The lowest BCUT2D eigenvalue weighted by Gasteiger charge is -2.29. The standard InChI is InChI=1S/C11H21NO3/c1-11(2,15)7-12-9-5-3-4-8(6-9)10(13)14/h8-9,12,15H,3-7H2,1-2H3,(H,13,14). The molecule has 1 aliphatic rings. The second-order valence-electron chi connectivity index (χ2n) is 5.09. The van der Waals surface area contributed by atoms with Crippen molar-refractivity contribution in [1.29, 1.82) is 0 Å². The molecule has 0 aromatic carbocycles. The maximum absolute atomic E-state index is 10.8. The van der Waals surface area contributed by atoms with E-state index in [0.717, 1.165) is 19.3 Å². The minimum atomic E-state index is -0.726. The first-order valence-corrected chi connectivity index (χ1v) is 5.57. The van der Waals surface area contributed by atoms with Gasteiger partial charge in [0.15, 0.2) is 0 Å². The first-order chi connectivity index (χ1) is 6.88. The summed E-state index contributed by atoms with van der Waals surface area (Å²) in [7, 11) is 0. The summed E-state index contributed by atoms with van der Waals surface area (Å²) in [5.74, 6) is -0.900. The van der Waals surface area contributed by atoms with Crippen LogP contribution >= 0.6 is 0 Å². The molecule has 2 atom stereocenters. The monoisotopic (exact) mass is 215 g/mol. The van der Waals surface area contributed by atoms with Crippen LogP contribution in [0.3, 0.4) is 0 Å². The highest BCUT2D eigenvalue weighted by Crippen LogP contribution is 2.24. The third-order valence-corrected chi connectivity index (χ3v) is 2.85. The van der Waals surface area contributed by atoms with Gasteiger partial charge in [-0.05, 0) is 33.1 Å². The van der Waals surface area contributed by atoms with Crippen molar-refractivity contribution in [2.45, 2.75) is 51.2 Å². The third-order valence-electron chi connectivity index (χ3n) is 2.85. The van der Waals surface area contributed by atoms with E-state index in [1.165, 1.54) is 0 Å². The van der Waals surface area contributed by atoms with Crippen LogP contribution in [0.1, 0.15) is 39.5 Å². The lowest BCUT2D eigenvalue weighted by Crippen LogP contribution is -2.43. The van der Waals surface area contributed by atoms with Gasteiger partial charge in [0, 0.05) is 12.6 Å². The van der Waals surface area contributed by atoms with E-state index < -0.39 is 11.6 Å². The lowest BCUT2D eigenvalue weighted by atomic mass is 9.85. The summed E-state index contributed by atoms with van der Waals surface area (Å²) in [4.78, 5) is 10.8. The molecule has 1 rings (SSSR count). The Labute approximate surface area is 90.7 Å². The molecule has 0 amide bonds. The molecule has 0 spiro atoms. The molecule has 1 fully saturated rings. The van der Waals surface area contributed by atoms with Crippen LogP contribution in [0, 0.1) is 5.92 Å². The van der Waals surface area contributed by atoms with Crippen molar-refractivity contribution in [3.8, 4) is 0 Å². The van der Waals surface area contributed by atoms with Crippen molar-refractivity contribution in [2.75, 3.05) is 6.54 Å². The van der Waals surface area contributed by atoms with E-state index in [0.29, 0.717) is 13.0 Å². The fourth-order valence-electron chi connectivity index (χ4n) is 1.99. The van der Waals surface area contributed by atoms with Crippen molar-refractivity contribution in [3.63, 3.8) is 0 Å². The first-order valence-electron chi connectivity index (χ1n) is 5.57. The molecule has 0 aromatic rings. The number of nitrogens with one attached hydrogen (secondary N) is 1. The van der Waals surface area contributed by atoms with Gasteiger partial charge in [0.1, 0.15) is 0 Å². The molecule has 88 valence electrons. The van der Waals surface area contributed by atoms with E-state index in [9.17, 15) is 9.90 Å². The molecule has 0 saturated heterocycles. The Morgan fingerprint density at radius 2 is 2.13 bits per heavy atom. The average Bonchev–Trinajstić information content (AvgIpc) is 2.14. The van der Waals surface area contributed by atoms with Crippen LogP contribution in [0.5, 0.6) is 0 Å². The van der Waals surface area contributed by atoms with Gasteiger partial charge in [0.2, 0.25) is 0 Å². The smallest absolute Gasteiger partial charge is 0.306 e. The maximum atomic E-state index is 10.8. The van der Waals surface area contributed by atoms with Crippen LogP contribution in [-0.4, -0.2) is 34.4 Å². The maximum Gasteiger partial charge on any atom is 0.306 e. The van der Waals surface area contributed by atoms with Crippen LogP contribution in [0.25, 0.3) is 0 Å². The zero-order chi connectivity index (χ0) is 11.5. The summed E-state index contributed by atoms with van der Waals surface area (Å²) in [6, 6.07) is 0.242. The lowest BCUT2D eigenvalue weighted by molar-refractivity contribution is -0.143. The quantitative estimate of drug-likeness (QED) is 0.654. The molecule has 3 N–H and O–H groups in total. The number of hydrogen-bond donors (Lipinski definition) is 3. The Bertz CT molecular complexity index is 222. The minimum absolute atomic E-state index is 0.210. The summed E-state index contributed by atoms with van der Waals surface area (Å²) in [6.45, 7) is 4.01. The third kappa shape index (κ3) is 4.62. The molecule has 4 heteroatoms. The fourth-order valence-corrected chi connectivity index (χ4v) is 1.99. The van der Waals surface area contributed by atoms with Crippen LogP contribution < -0.4 is 5.32 Å². The molecule has 2 unspecified atom stereocenters. The molecular weight excluding hydrogens is 194 g/mol. The molecule has 0 aliphatic heterocycles. The Morgan fingerprint density at radius 1 is 1.47 bits per heavy atom. The van der Waals surface area contributed by atoms with Crippen molar-refractivity contribution in [1.82, 2.24) is 5.32 Å². The Kier molecular flexibility index (Phi) is 4.11. The highest BCUT2D eigenvalue weighted by atomic mass is 16.4. The molecule has 0 radical (unpaired) electrons. The Balaban J connectivity index is 2.34. The number of rotatable bonds is 4. The van der Waals surface area contributed by atoms with Gasteiger partial charge in [-0.1, -0.05) is 6.42 Å². The summed E-state index contributed by atoms with van der Waals surface area (Å²) in [5.41, 5.74) is -0.726. The van der Waals surface area contributed by atoms with Crippen LogP contribution in [-0.2, 0) is 4.79 Å². The molecule has 1 aliphatic carbocycles. The van der Waals surface area contributed by atoms with Gasteiger partial charge >= 0.3 is 5.97 Å². The largest absolute Gasteiger partial charge is 0.481 e. The Morgan fingerprint density at radius 3 is 2.67 bits per heavy atom. The number of carbonyl (C=O) groups is 1. The SMILES string of the molecule is CC(C)(O)CNC1CCCC(C(=O)O)C1. The van der Waals surface area contributed by atoms with E-state index >= 15 is 0 Å². The van der Waals surface area contributed by atoms with Crippen LogP contribution in [0.4, 0.5) is 0 Å². The van der Waals surface area contributed by atoms with Gasteiger partial charge in [-0.2, -0.15) is 0 Å². The van der Waals surface area contributed by atoms with E-state index in [1.54, 1.807) is 13.8 Å². The highest BCUT2D eigenvalue weighted by Gasteiger charge is 2.27. The van der Waals surface area contributed by atoms with Crippen molar-refractivity contribution in [3.05, 3.63) is 0 Å². The number of carboxylic acid groups (broad SMARTS) is 1.